The standard InChI is InChI=1S/C8H6Cl2N4S/c9-7-1-6(8(10)14-13-7)12-3-5-2-11-4-15-5/h1-2,4H,3H2,(H,12,13). The van der Waals surface area contributed by atoms with E-state index in [9.17, 15) is 0 Å². The molecular weight excluding hydrogens is 255 g/mol. The fraction of sp³-hybridized carbons (Fsp3) is 0.125. The second-order valence-electron chi connectivity index (χ2n) is 2.69. The molecule has 1 N–H and O–H groups in total. The third-order valence-electron chi connectivity index (χ3n) is 1.66. The van der Waals surface area contributed by atoms with Crippen LogP contribution in [-0.2, 0) is 6.54 Å². The van der Waals surface area contributed by atoms with Gasteiger partial charge in [-0.25, -0.2) is 0 Å². The summed E-state index contributed by atoms with van der Waals surface area (Å²) in [6, 6.07) is 1.64. The Morgan fingerprint density at radius 2 is 2.20 bits per heavy atom. The van der Waals surface area contributed by atoms with Crippen LogP contribution in [0.3, 0.4) is 0 Å². The number of aromatic nitrogens is 3. The van der Waals surface area contributed by atoms with Gasteiger partial charge in [-0.3, -0.25) is 4.98 Å². The Balaban J connectivity index is 2.07. The first kappa shape index (κ1) is 10.6. The molecule has 0 atom stereocenters. The van der Waals surface area contributed by atoms with Gasteiger partial charge in [0.2, 0.25) is 0 Å². The van der Waals surface area contributed by atoms with E-state index in [-0.39, 0.29) is 0 Å². The highest BCUT2D eigenvalue weighted by Gasteiger charge is 2.03. The normalized spacial score (nSPS) is 10.3. The van der Waals surface area contributed by atoms with Crippen molar-refractivity contribution in [2.45, 2.75) is 6.54 Å². The number of anilines is 1. The van der Waals surface area contributed by atoms with Gasteiger partial charge in [-0.2, -0.15) is 0 Å². The molecule has 0 aliphatic heterocycles. The van der Waals surface area contributed by atoms with E-state index in [1.54, 1.807) is 29.1 Å². The molecule has 0 aliphatic rings. The molecule has 2 aromatic rings. The average Bonchev–Trinajstić information content (AvgIpc) is 2.72. The molecule has 2 rings (SSSR count). The van der Waals surface area contributed by atoms with Gasteiger partial charge in [0.05, 0.1) is 17.7 Å². The quantitative estimate of drug-likeness (QED) is 0.922. The average molecular weight is 261 g/mol. The second-order valence-corrected chi connectivity index (χ2v) is 4.41. The Hall–Kier alpha value is -0.910. The molecule has 0 spiro atoms. The smallest absolute Gasteiger partial charge is 0.174 e. The second kappa shape index (κ2) is 4.74. The van der Waals surface area contributed by atoms with Crippen molar-refractivity contribution in [3.8, 4) is 0 Å². The minimum absolute atomic E-state index is 0.309. The topological polar surface area (TPSA) is 50.7 Å². The van der Waals surface area contributed by atoms with Crippen LogP contribution in [0.25, 0.3) is 0 Å². The number of thiazole rings is 1. The summed E-state index contributed by atoms with van der Waals surface area (Å²) in [5, 5.41) is 11.0. The van der Waals surface area contributed by atoms with Gasteiger partial charge in [-0.15, -0.1) is 21.5 Å². The molecular formula is C8H6Cl2N4S. The van der Waals surface area contributed by atoms with Crippen LogP contribution in [0.15, 0.2) is 17.8 Å². The van der Waals surface area contributed by atoms with Crippen molar-refractivity contribution in [2.24, 2.45) is 0 Å². The van der Waals surface area contributed by atoms with Crippen molar-refractivity contribution < 1.29 is 0 Å². The fourth-order valence-corrected chi connectivity index (χ4v) is 1.83. The van der Waals surface area contributed by atoms with E-state index in [0.29, 0.717) is 22.5 Å². The van der Waals surface area contributed by atoms with Gasteiger partial charge in [-0.05, 0) is 0 Å². The molecule has 2 aromatic heterocycles. The maximum atomic E-state index is 5.83. The number of halogens is 2. The summed E-state index contributed by atoms with van der Waals surface area (Å²) in [5.41, 5.74) is 2.45. The Morgan fingerprint density at radius 1 is 1.33 bits per heavy atom. The van der Waals surface area contributed by atoms with Gasteiger partial charge in [0.15, 0.2) is 10.3 Å². The van der Waals surface area contributed by atoms with E-state index in [0.717, 1.165) is 4.88 Å². The van der Waals surface area contributed by atoms with Gasteiger partial charge < -0.3 is 5.32 Å². The zero-order chi connectivity index (χ0) is 10.7. The molecule has 0 unspecified atom stereocenters. The number of nitrogens with one attached hydrogen (secondary N) is 1. The number of hydrogen-bond acceptors (Lipinski definition) is 5. The lowest BCUT2D eigenvalue weighted by atomic mass is 10.4. The van der Waals surface area contributed by atoms with Crippen LogP contribution < -0.4 is 5.32 Å². The van der Waals surface area contributed by atoms with Gasteiger partial charge in [0.1, 0.15) is 0 Å². The summed E-state index contributed by atoms with van der Waals surface area (Å²) in [5.74, 6) is 0. The highest BCUT2D eigenvalue weighted by atomic mass is 35.5. The minimum atomic E-state index is 0.309. The molecule has 0 aromatic carbocycles. The number of rotatable bonds is 3. The Bertz CT molecular complexity index is 446. The maximum Gasteiger partial charge on any atom is 0.174 e. The van der Waals surface area contributed by atoms with Gasteiger partial charge in [-0.1, -0.05) is 23.2 Å². The lowest BCUT2D eigenvalue weighted by Gasteiger charge is -2.05. The summed E-state index contributed by atoms with van der Waals surface area (Å²) in [7, 11) is 0. The molecule has 15 heavy (non-hydrogen) atoms. The molecule has 0 saturated carbocycles. The lowest BCUT2D eigenvalue weighted by molar-refractivity contribution is 1.02. The van der Waals surface area contributed by atoms with Crippen LogP contribution in [0.1, 0.15) is 4.88 Å². The fourth-order valence-electron chi connectivity index (χ4n) is 0.989. The molecule has 0 saturated heterocycles. The molecule has 2 heterocycles. The third-order valence-corrected chi connectivity index (χ3v) is 2.90. The third kappa shape index (κ3) is 2.77. The van der Waals surface area contributed by atoms with Crippen LogP contribution >= 0.6 is 34.5 Å². The van der Waals surface area contributed by atoms with Crippen molar-refractivity contribution in [3.05, 3.63) is 33.0 Å². The summed E-state index contributed by atoms with van der Waals surface area (Å²) in [4.78, 5) is 5.08. The van der Waals surface area contributed by atoms with Crippen molar-refractivity contribution in [1.29, 1.82) is 0 Å². The van der Waals surface area contributed by atoms with Crippen molar-refractivity contribution in [2.75, 3.05) is 5.32 Å². The number of nitrogens with zero attached hydrogens (tertiary/aromatic N) is 3. The van der Waals surface area contributed by atoms with E-state index in [4.69, 9.17) is 23.2 Å². The molecule has 78 valence electrons. The summed E-state index contributed by atoms with van der Waals surface area (Å²) in [6.45, 7) is 0.645. The van der Waals surface area contributed by atoms with Crippen molar-refractivity contribution >= 4 is 40.2 Å². The van der Waals surface area contributed by atoms with Crippen molar-refractivity contribution in [1.82, 2.24) is 15.2 Å². The van der Waals surface area contributed by atoms with Crippen molar-refractivity contribution in [3.63, 3.8) is 0 Å². The van der Waals surface area contributed by atoms with Gasteiger partial charge in [0, 0.05) is 17.1 Å². The van der Waals surface area contributed by atoms with E-state index < -0.39 is 0 Å². The van der Waals surface area contributed by atoms with Crippen LogP contribution in [0.5, 0.6) is 0 Å². The molecule has 4 nitrogen and oxygen atoms in total. The first-order chi connectivity index (χ1) is 7.25. The minimum Gasteiger partial charge on any atom is -0.377 e. The number of hydrogen-bond donors (Lipinski definition) is 1. The molecule has 0 radical (unpaired) electrons. The van der Waals surface area contributed by atoms with Crippen LogP contribution in [0.2, 0.25) is 10.3 Å². The van der Waals surface area contributed by atoms with Gasteiger partial charge >= 0.3 is 0 Å². The van der Waals surface area contributed by atoms with E-state index in [2.05, 4.69) is 20.5 Å². The largest absolute Gasteiger partial charge is 0.377 e. The highest BCUT2D eigenvalue weighted by Crippen LogP contribution is 2.21. The monoisotopic (exact) mass is 260 g/mol. The summed E-state index contributed by atoms with van der Waals surface area (Å²) in [6.07, 6.45) is 1.79. The SMILES string of the molecule is Clc1cc(NCc2cncs2)c(Cl)nn1. The molecule has 0 bridgehead atoms. The maximum absolute atomic E-state index is 5.83. The van der Waals surface area contributed by atoms with Gasteiger partial charge in [0.25, 0.3) is 0 Å². The lowest BCUT2D eigenvalue weighted by Crippen LogP contribution is -2.00. The molecule has 0 aliphatic carbocycles. The highest BCUT2D eigenvalue weighted by molar-refractivity contribution is 7.09. The predicted octanol–water partition coefficient (Wildman–Crippen LogP) is 2.85. The first-order valence-corrected chi connectivity index (χ1v) is 5.69. The van der Waals surface area contributed by atoms with E-state index in [1.807, 2.05) is 0 Å². The Kier molecular flexibility index (Phi) is 3.35. The summed E-state index contributed by atoms with van der Waals surface area (Å²) < 4.78 is 0. The zero-order valence-electron chi connectivity index (χ0n) is 7.44. The first-order valence-electron chi connectivity index (χ1n) is 4.05. The predicted molar refractivity (Wildman–Crippen MR) is 61.5 cm³/mol. The molecule has 0 amide bonds. The molecule has 0 fully saturated rings. The van der Waals surface area contributed by atoms with E-state index >= 15 is 0 Å². The van der Waals surface area contributed by atoms with E-state index in [1.165, 1.54) is 0 Å². The van der Waals surface area contributed by atoms with Crippen LogP contribution in [0, 0.1) is 0 Å². The zero-order valence-corrected chi connectivity index (χ0v) is 9.77. The Labute approximate surface area is 100 Å². The van der Waals surface area contributed by atoms with Crippen LogP contribution in [-0.4, -0.2) is 15.2 Å². The summed E-state index contributed by atoms with van der Waals surface area (Å²) >= 11 is 13.1. The Morgan fingerprint density at radius 3 is 2.93 bits per heavy atom. The molecule has 7 heteroatoms. The van der Waals surface area contributed by atoms with Crippen LogP contribution in [0.4, 0.5) is 5.69 Å².